The largest absolute Gasteiger partial charge is 0.369 e. The molecular formula is C11H20N4O3S. The second-order valence-electron chi connectivity index (χ2n) is 4.92. The fraction of sp³-hybridized carbons (Fsp3) is 0.636. The van der Waals surface area contributed by atoms with Crippen molar-refractivity contribution >= 4 is 15.9 Å². The highest BCUT2D eigenvalue weighted by Crippen LogP contribution is 2.22. The van der Waals surface area contributed by atoms with Crippen LogP contribution in [0.4, 0.5) is 0 Å². The van der Waals surface area contributed by atoms with Gasteiger partial charge in [-0.25, -0.2) is 8.42 Å². The summed E-state index contributed by atoms with van der Waals surface area (Å²) < 4.78 is 26.2. The van der Waals surface area contributed by atoms with Crippen molar-refractivity contribution in [1.29, 1.82) is 0 Å². The molecule has 19 heavy (non-hydrogen) atoms. The number of aromatic nitrogens is 2. The Morgan fingerprint density at radius 3 is 2.37 bits per heavy atom. The van der Waals surface area contributed by atoms with Crippen molar-refractivity contribution in [2.24, 2.45) is 11.7 Å². The minimum Gasteiger partial charge on any atom is -0.369 e. The molecular weight excluding hydrogens is 268 g/mol. The van der Waals surface area contributed by atoms with Gasteiger partial charge in [-0.1, -0.05) is 13.8 Å². The molecule has 0 unspecified atom stereocenters. The maximum Gasteiger partial charge on any atom is 0.247 e. The zero-order valence-electron chi connectivity index (χ0n) is 11.6. The summed E-state index contributed by atoms with van der Waals surface area (Å²) >= 11 is 0. The lowest BCUT2D eigenvalue weighted by molar-refractivity contribution is -0.118. The van der Waals surface area contributed by atoms with E-state index in [-0.39, 0.29) is 23.9 Å². The molecule has 1 amide bonds. The lowest BCUT2D eigenvalue weighted by atomic mass is 10.2. The van der Waals surface area contributed by atoms with E-state index in [1.165, 1.54) is 0 Å². The Kier molecular flexibility index (Phi) is 4.70. The van der Waals surface area contributed by atoms with E-state index in [1.54, 1.807) is 13.8 Å². The van der Waals surface area contributed by atoms with Gasteiger partial charge in [0, 0.05) is 6.54 Å². The number of nitrogens with one attached hydrogen (secondary N) is 1. The molecule has 0 saturated carbocycles. The van der Waals surface area contributed by atoms with E-state index in [9.17, 15) is 13.2 Å². The number of aryl methyl sites for hydroxylation is 2. The predicted octanol–water partition coefficient (Wildman–Crippen LogP) is 0.159. The first-order valence-corrected chi connectivity index (χ1v) is 7.40. The van der Waals surface area contributed by atoms with E-state index in [0.29, 0.717) is 11.4 Å². The molecule has 0 aromatic carbocycles. The Morgan fingerprint density at radius 2 is 2.00 bits per heavy atom. The van der Waals surface area contributed by atoms with Crippen LogP contribution in [-0.2, 0) is 14.8 Å². The third-order valence-electron chi connectivity index (χ3n) is 2.56. The van der Waals surface area contributed by atoms with Gasteiger partial charge in [-0.3, -0.25) is 9.89 Å². The fourth-order valence-corrected chi connectivity index (χ4v) is 3.78. The van der Waals surface area contributed by atoms with Crippen molar-refractivity contribution in [3.8, 4) is 0 Å². The van der Waals surface area contributed by atoms with E-state index >= 15 is 0 Å². The summed E-state index contributed by atoms with van der Waals surface area (Å²) in [6.07, 6.45) is 0. The van der Waals surface area contributed by atoms with Crippen LogP contribution < -0.4 is 5.73 Å². The first-order valence-electron chi connectivity index (χ1n) is 5.96. The number of carbonyl (C=O) groups is 1. The highest BCUT2D eigenvalue weighted by atomic mass is 32.2. The molecule has 0 aliphatic heterocycles. The van der Waals surface area contributed by atoms with E-state index in [2.05, 4.69) is 10.2 Å². The lowest BCUT2D eigenvalue weighted by Crippen LogP contribution is -2.40. The number of nitrogens with zero attached hydrogens (tertiary/aromatic N) is 2. The number of H-pyrrole nitrogens is 1. The quantitative estimate of drug-likeness (QED) is 0.777. The monoisotopic (exact) mass is 288 g/mol. The maximum absolute atomic E-state index is 12.6. The topological polar surface area (TPSA) is 109 Å². The molecule has 7 nitrogen and oxygen atoms in total. The number of rotatable bonds is 6. The molecule has 0 aliphatic rings. The van der Waals surface area contributed by atoms with E-state index in [0.717, 1.165) is 4.31 Å². The van der Waals surface area contributed by atoms with Gasteiger partial charge in [0.2, 0.25) is 15.9 Å². The van der Waals surface area contributed by atoms with Crippen molar-refractivity contribution in [2.45, 2.75) is 32.6 Å². The summed E-state index contributed by atoms with van der Waals surface area (Å²) in [6.45, 7) is 6.88. The molecule has 0 saturated heterocycles. The van der Waals surface area contributed by atoms with Gasteiger partial charge in [0.1, 0.15) is 4.90 Å². The van der Waals surface area contributed by atoms with Crippen LogP contribution in [0.3, 0.4) is 0 Å². The Morgan fingerprint density at radius 1 is 1.42 bits per heavy atom. The zero-order chi connectivity index (χ0) is 14.8. The number of carbonyl (C=O) groups excluding carboxylic acids is 1. The molecule has 0 aliphatic carbocycles. The number of amides is 1. The molecule has 1 aromatic rings. The number of hydrogen-bond acceptors (Lipinski definition) is 4. The molecule has 108 valence electrons. The minimum atomic E-state index is -3.77. The number of sulfonamides is 1. The van der Waals surface area contributed by atoms with Gasteiger partial charge in [0.15, 0.2) is 0 Å². The van der Waals surface area contributed by atoms with Crippen LogP contribution in [0.1, 0.15) is 25.2 Å². The molecule has 0 atom stereocenters. The van der Waals surface area contributed by atoms with Gasteiger partial charge < -0.3 is 5.73 Å². The average Bonchev–Trinajstić information content (AvgIpc) is 2.56. The standard InChI is InChI=1S/C11H20N4O3S/c1-7(2)5-15(6-10(12)16)19(17,18)11-8(3)13-14-9(11)4/h7H,5-6H2,1-4H3,(H2,12,16)(H,13,14). The highest BCUT2D eigenvalue weighted by molar-refractivity contribution is 7.89. The Bertz CT molecular complexity index is 543. The van der Waals surface area contributed by atoms with Crippen LogP contribution in [0.5, 0.6) is 0 Å². The van der Waals surface area contributed by atoms with Crippen LogP contribution in [0.2, 0.25) is 0 Å². The number of nitrogens with two attached hydrogens (primary N) is 1. The maximum atomic E-state index is 12.6. The van der Waals surface area contributed by atoms with Gasteiger partial charge in [0.25, 0.3) is 0 Å². The van der Waals surface area contributed by atoms with E-state index in [4.69, 9.17) is 5.73 Å². The summed E-state index contributed by atoms with van der Waals surface area (Å²) in [5, 5.41) is 6.51. The summed E-state index contributed by atoms with van der Waals surface area (Å²) in [7, 11) is -3.77. The van der Waals surface area contributed by atoms with Gasteiger partial charge in [-0.05, 0) is 19.8 Å². The first-order chi connectivity index (χ1) is 8.66. The molecule has 0 radical (unpaired) electrons. The van der Waals surface area contributed by atoms with Crippen LogP contribution in [0.25, 0.3) is 0 Å². The minimum absolute atomic E-state index is 0.0849. The van der Waals surface area contributed by atoms with Gasteiger partial charge >= 0.3 is 0 Å². The van der Waals surface area contributed by atoms with E-state index in [1.807, 2.05) is 13.8 Å². The third-order valence-corrected chi connectivity index (χ3v) is 4.63. The van der Waals surface area contributed by atoms with E-state index < -0.39 is 15.9 Å². The highest BCUT2D eigenvalue weighted by Gasteiger charge is 2.30. The lowest BCUT2D eigenvalue weighted by Gasteiger charge is -2.22. The Balaban J connectivity index is 3.23. The fourth-order valence-electron chi connectivity index (χ4n) is 1.88. The average molecular weight is 288 g/mol. The van der Waals surface area contributed by atoms with Gasteiger partial charge in [0.05, 0.1) is 17.9 Å². The summed E-state index contributed by atoms with van der Waals surface area (Å²) in [5.41, 5.74) is 5.97. The van der Waals surface area contributed by atoms with Crippen molar-refractivity contribution in [3.63, 3.8) is 0 Å². The molecule has 1 aromatic heterocycles. The zero-order valence-corrected chi connectivity index (χ0v) is 12.4. The molecule has 0 spiro atoms. The van der Waals surface area contributed by atoms with Crippen LogP contribution in [0.15, 0.2) is 4.90 Å². The van der Waals surface area contributed by atoms with Crippen molar-refractivity contribution in [3.05, 3.63) is 11.4 Å². The Labute approximate surface area is 113 Å². The number of hydrogen-bond donors (Lipinski definition) is 2. The summed E-state index contributed by atoms with van der Waals surface area (Å²) in [4.78, 5) is 11.2. The van der Waals surface area contributed by atoms with Gasteiger partial charge in [-0.15, -0.1) is 0 Å². The second-order valence-corrected chi connectivity index (χ2v) is 6.80. The molecule has 8 heteroatoms. The second kappa shape index (κ2) is 5.70. The smallest absolute Gasteiger partial charge is 0.247 e. The normalized spacial score (nSPS) is 12.3. The number of aromatic amines is 1. The Hall–Kier alpha value is -1.41. The molecule has 1 heterocycles. The van der Waals surface area contributed by atoms with Gasteiger partial charge in [-0.2, -0.15) is 9.40 Å². The third kappa shape index (κ3) is 3.54. The SMILES string of the molecule is Cc1n[nH]c(C)c1S(=O)(=O)N(CC(N)=O)CC(C)C. The van der Waals surface area contributed by atoms with Crippen molar-refractivity contribution in [1.82, 2.24) is 14.5 Å². The van der Waals surface area contributed by atoms with Crippen LogP contribution >= 0.6 is 0 Å². The molecule has 0 bridgehead atoms. The van der Waals surface area contributed by atoms with Crippen molar-refractivity contribution < 1.29 is 13.2 Å². The summed E-state index contributed by atoms with van der Waals surface area (Å²) in [5.74, 6) is -0.593. The number of primary amides is 1. The van der Waals surface area contributed by atoms with Crippen LogP contribution in [-0.4, -0.2) is 41.9 Å². The van der Waals surface area contributed by atoms with Crippen LogP contribution in [0, 0.1) is 19.8 Å². The molecule has 1 rings (SSSR count). The molecule has 0 fully saturated rings. The molecule has 3 N–H and O–H groups in total. The first kappa shape index (κ1) is 15.6. The summed E-state index contributed by atoms with van der Waals surface area (Å²) in [6, 6.07) is 0. The predicted molar refractivity (Wildman–Crippen MR) is 70.9 cm³/mol. The van der Waals surface area contributed by atoms with Crippen molar-refractivity contribution in [2.75, 3.05) is 13.1 Å².